The average molecular weight is 294 g/mol. The molecule has 0 aliphatic rings. The van der Waals surface area contributed by atoms with Crippen LogP contribution in [0.3, 0.4) is 0 Å². The van der Waals surface area contributed by atoms with Crippen LogP contribution in [-0.2, 0) is 6.42 Å². The first-order valence-electron chi connectivity index (χ1n) is 5.22. The van der Waals surface area contributed by atoms with Crippen LogP contribution in [0.5, 0.6) is 11.6 Å². The van der Waals surface area contributed by atoms with Gasteiger partial charge < -0.3 is 10.5 Å². The molecular weight excluding hydrogens is 282 g/mol. The number of rotatable bonds is 3. The number of aryl methyl sites for hydroxylation is 1. The molecule has 4 nitrogen and oxygen atoms in total. The van der Waals surface area contributed by atoms with Crippen LogP contribution in [0, 0.1) is 0 Å². The predicted octanol–water partition coefficient (Wildman–Crippen LogP) is 3.18. The fraction of sp³-hybridized carbons (Fsp3) is 0.167. The number of hydrogen-bond acceptors (Lipinski definition) is 4. The minimum Gasteiger partial charge on any atom is -0.436 e. The van der Waals surface area contributed by atoms with Crippen molar-refractivity contribution in [2.24, 2.45) is 0 Å². The third-order valence-electron chi connectivity index (χ3n) is 2.32. The molecule has 0 aliphatic carbocycles. The van der Waals surface area contributed by atoms with Crippen LogP contribution in [0.2, 0.25) is 0 Å². The van der Waals surface area contributed by atoms with Crippen molar-refractivity contribution in [2.75, 3.05) is 5.73 Å². The molecule has 0 bridgehead atoms. The molecule has 2 N–H and O–H groups in total. The molecule has 17 heavy (non-hydrogen) atoms. The molecule has 0 fully saturated rings. The van der Waals surface area contributed by atoms with Gasteiger partial charge in [0.1, 0.15) is 6.33 Å². The molecule has 88 valence electrons. The van der Waals surface area contributed by atoms with Gasteiger partial charge in [-0.05, 0) is 40.0 Å². The number of nitrogen functional groups attached to an aromatic ring is 1. The molecule has 5 heteroatoms. The van der Waals surface area contributed by atoms with E-state index in [1.807, 2.05) is 18.2 Å². The summed E-state index contributed by atoms with van der Waals surface area (Å²) >= 11 is 3.32. The highest BCUT2D eigenvalue weighted by molar-refractivity contribution is 9.10. The number of nitrogens with zero attached hydrogens (tertiary/aromatic N) is 2. The predicted molar refractivity (Wildman–Crippen MR) is 70.0 cm³/mol. The minimum atomic E-state index is 0.455. The molecule has 0 atom stereocenters. The molecule has 0 aliphatic heterocycles. The zero-order valence-corrected chi connectivity index (χ0v) is 10.9. The topological polar surface area (TPSA) is 61.0 Å². The second-order valence-electron chi connectivity index (χ2n) is 3.50. The highest BCUT2D eigenvalue weighted by Gasteiger charge is 2.07. The molecule has 1 aromatic carbocycles. The van der Waals surface area contributed by atoms with Gasteiger partial charge in [-0.2, -0.15) is 0 Å². The van der Waals surface area contributed by atoms with Crippen LogP contribution in [0.25, 0.3) is 0 Å². The third kappa shape index (κ3) is 2.74. The lowest BCUT2D eigenvalue weighted by molar-refractivity contribution is 0.460. The van der Waals surface area contributed by atoms with Crippen molar-refractivity contribution in [3.05, 3.63) is 40.8 Å². The van der Waals surface area contributed by atoms with Gasteiger partial charge in [0.2, 0.25) is 5.88 Å². The summed E-state index contributed by atoms with van der Waals surface area (Å²) in [6.45, 7) is 2.08. The van der Waals surface area contributed by atoms with E-state index >= 15 is 0 Å². The van der Waals surface area contributed by atoms with Crippen LogP contribution in [0.15, 0.2) is 35.2 Å². The smallest absolute Gasteiger partial charge is 0.236 e. The van der Waals surface area contributed by atoms with Crippen LogP contribution in [-0.4, -0.2) is 9.97 Å². The Hall–Kier alpha value is -1.62. The summed E-state index contributed by atoms with van der Waals surface area (Å²) in [5.41, 5.74) is 7.69. The molecule has 0 saturated heterocycles. The molecule has 0 spiro atoms. The van der Waals surface area contributed by atoms with Gasteiger partial charge in [-0.25, -0.2) is 9.97 Å². The van der Waals surface area contributed by atoms with Crippen LogP contribution in [0.4, 0.5) is 5.69 Å². The molecule has 0 amide bonds. The lowest BCUT2D eigenvalue weighted by Crippen LogP contribution is -1.96. The second kappa shape index (κ2) is 5.14. The first kappa shape index (κ1) is 11.9. The van der Waals surface area contributed by atoms with E-state index in [0.29, 0.717) is 21.8 Å². The van der Waals surface area contributed by atoms with Gasteiger partial charge in [0.05, 0.1) is 10.2 Å². The lowest BCUT2D eigenvalue weighted by Gasteiger charge is -2.09. The molecule has 2 aromatic rings. The molecule has 2 rings (SSSR count). The van der Waals surface area contributed by atoms with Crippen molar-refractivity contribution in [2.45, 2.75) is 13.3 Å². The lowest BCUT2D eigenvalue weighted by atomic mass is 10.1. The quantitative estimate of drug-likeness (QED) is 0.883. The number of halogens is 1. The normalized spacial score (nSPS) is 10.2. The van der Waals surface area contributed by atoms with Gasteiger partial charge in [0.15, 0.2) is 5.75 Å². The molecule has 0 unspecified atom stereocenters. The van der Waals surface area contributed by atoms with E-state index in [1.165, 1.54) is 11.9 Å². The van der Waals surface area contributed by atoms with E-state index < -0.39 is 0 Å². The maximum atomic E-state index is 5.91. The van der Waals surface area contributed by atoms with Gasteiger partial charge in [0.25, 0.3) is 0 Å². The summed E-state index contributed by atoms with van der Waals surface area (Å²) in [6.07, 6.45) is 4.00. The number of benzene rings is 1. The van der Waals surface area contributed by atoms with E-state index in [9.17, 15) is 0 Å². The van der Waals surface area contributed by atoms with Crippen molar-refractivity contribution in [1.82, 2.24) is 9.97 Å². The Morgan fingerprint density at radius 2 is 2.24 bits per heavy atom. The van der Waals surface area contributed by atoms with E-state index in [0.717, 1.165) is 6.42 Å². The Morgan fingerprint density at radius 3 is 2.88 bits per heavy atom. The number of nitrogens with two attached hydrogens (primary N) is 1. The summed E-state index contributed by atoms with van der Waals surface area (Å²) in [7, 11) is 0. The zero-order chi connectivity index (χ0) is 12.3. The van der Waals surface area contributed by atoms with Crippen LogP contribution in [0.1, 0.15) is 12.5 Å². The number of hydrogen-bond donors (Lipinski definition) is 1. The SMILES string of the molecule is CCc1ccc(Oc2ncncc2Br)c(N)c1. The van der Waals surface area contributed by atoms with Crippen molar-refractivity contribution in [3.8, 4) is 11.6 Å². The van der Waals surface area contributed by atoms with Crippen LogP contribution >= 0.6 is 15.9 Å². The van der Waals surface area contributed by atoms with Gasteiger partial charge in [-0.3, -0.25) is 0 Å². The van der Waals surface area contributed by atoms with Gasteiger partial charge in [-0.1, -0.05) is 13.0 Å². The second-order valence-corrected chi connectivity index (χ2v) is 4.36. The van der Waals surface area contributed by atoms with E-state index in [1.54, 1.807) is 6.20 Å². The standard InChI is InChI=1S/C12H12BrN3O/c1-2-8-3-4-11(10(14)5-8)17-12-9(13)6-15-7-16-12/h3-7H,2,14H2,1H3. The monoisotopic (exact) mass is 293 g/mol. The van der Waals surface area contributed by atoms with E-state index in [4.69, 9.17) is 10.5 Å². The summed E-state index contributed by atoms with van der Waals surface area (Å²) < 4.78 is 6.31. The van der Waals surface area contributed by atoms with Gasteiger partial charge in [0, 0.05) is 6.20 Å². The summed E-state index contributed by atoms with van der Waals surface area (Å²) in [4.78, 5) is 7.89. The first-order chi connectivity index (χ1) is 8.20. The fourth-order valence-electron chi connectivity index (χ4n) is 1.39. The fourth-order valence-corrected chi connectivity index (χ4v) is 1.69. The Morgan fingerprint density at radius 1 is 1.41 bits per heavy atom. The number of anilines is 1. The summed E-state index contributed by atoms with van der Waals surface area (Å²) in [5.74, 6) is 1.05. The van der Waals surface area contributed by atoms with Crippen molar-refractivity contribution in [3.63, 3.8) is 0 Å². The Balaban J connectivity index is 2.28. The molecule has 0 saturated carbocycles. The summed E-state index contributed by atoms with van der Waals surface area (Å²) in [6, 6.07) is 5.74. The van der Waals surface area contributed by atoms with E-state index in [2.05, 4.69) is 32.8 Å². The highest BCUT2D eigenvalue weighted by Crippen LogP contribution is 2.30. The zero-order valence-electron chi connectivity index (χ0n) is 9.35. The molecular formula is C12H12BrN3O. The highest BCUT2D eigenvalue weighted by atomic mass is 79.9. The van der Waals surface area contributed by atoms with Crippen molar-refractivity contribution in [1.29, 1.82) is 0 Å². The Bertz CT molecular complexity index is 531. The Kier molecular flexibility index (Phi) is 3.58. The average Bonchev–Trinajstić information content (AvgIpc) is 2.34. The van der Waals surface area contributed by atoms with Crippen molar-refractivity contribution >= 4 is 21.6 Å². The molecule has 1 heterocycles. The maximum absolute atomic E-state index is 5.91. The first-order valence-corrected chi connectivity index (χ1v) is 6.01. The maximum Gasteiger partial charge on any atom is 0.236 e. The van der Waals surface area contributed by atoms with Crippen LogP contribution < -0.4 is 10.5 Å². The van der Waals surface area contributed by atoms with Crippen molar-refractivity contribution < 1.29 is 4.74 Å². The number of ether oxygens (including phenoxy) is 1. The van der Waals surface area contributed by atoms with Gasteiger partial charge >= 0.3 is 0 Å². The Labute approximate surface area is 108 Å². The molecule has 0 radical (unpaired) electrons. The third-order valence-corrected chi connectivity index (χ3v) is 2.87. The molecule has 1 aromatic heterocycles. The number of aromatic nitrogens is 2. The van der Waals surface area contributed by atoms with E-state index in [-0.39, 0.29) is 0 Å². The van der Waals surface area contributed by atoms with Gasteiger partial charge in [-0.15, -0.1) is 0 Å². The largest absolute Gasteiger partial charge is 0.436 e. The summed E-state index contributed by atoms with van der Waals surface area (Å²) in [5, 5.41) is 0. The minimum absolute atomic E-state index is 0.455.